The van der Waals surface area contributed by atoms with Crippen LogP contribution in [0, 0.1) is 0 Å². The zero-order valence-corrected chi connectivity index (χ0v) is 21.9. The summed E-state index contributed by atoms with van der Waals surface area (Å²) in [6.45, 7) is 0.720. The molecule has 8 heteroatoms. The van der Waals surface area contributed by atoms with E-state index < -0.39 is 10.0 Å². The van der Waals surface area contributed by atoms with E-state index in [0.717, 1.165) is 16.7 Å². The second kappa shape index (κ2) is 12.0. The number of nitrogens with zero attached hydrogens (tertiary/aromatic N) is 1. The number of benzene rings is 4. The molecule has 0 spiro atoms. The van der Waals surface area contributed by atoms with Crippen LogP contribution < -0.4 is 14.4 Å². The van der Waals surface area contributed by atoms with E-state index in [1.54, 1.807) is 42.5 Å². The van der Waals surface area contributed by atoms with E-state index in [1.807, 2.05) is 60.7 Å². The molecular formula is C29H27ClN2O4S. The molecule has 0 aliphatic carbocycles. The largest absolute Gasteiger partial charge is 0.490 e. The van der Waals surface area contributed by atoms with Crippen molar-refractivity contribution in [2.45, 2.75) is 6.54 Å². The van der Waals surface area contributed by atoms with Gasteiger partial charge < -0.3 is 10.1 Å². The van der Waals surface area contributed by atoms with Gasteiger partial charge in [-0.3, -0.25) is 9.10 Å². The molecule has 0 aromatic heterocycles. The first-order valence-electron chi connectivity index (χ1n) is 11.7. The van der Waals surface area contributed by atoms with Crippen LogP contribution in [-0.2, 0) is 16.6 Å². The van der Waals surface area contributed by atoms with Gasteiger partial charge in [0.1, 0.15) is 12.4 Å². The third-order valence-electron chi connectivity index (χ3n) is 5.68. The number of ether oxygens (including phenoxy) is 1. The number of rotatable bonds is 10. The van der Waals surface area contributed by atoms with Gasteiger partial charge in [0.15, 0.2) is 0 Å². The molecule has 0 saturated heterocycles. The number of hydrogen-bond donors (Lipinski definition) is 1. The summed E-state index contributed by atoms with van der Waals surface area (Å²) in [6, 6.07) is 31.1. The molecule has 0 aliphatic heterocycles. The van der Waals surface area contributed by atoms with Crippen molar-refractivity contribution in [3.63, 3.8) is 0 Å². The minimum absolute atomic E-state index is 0.135. The zero-order valence-electron chi connectivity index (χ0n) is 20.3. The number of nitrogens with one attached hydrogen (secondary N) is 1. The highest BCUT2D eigenvalue weighted by molar-refractivity contribution is 7.92. The van der Waals surface area contributed by atoms with Crippen LogP contribution in [0.4, 0.5) is 5.69 Å². The molecule has 0 atom stereocenters. The van der Waals surface area contributed by atoms with Crippen molar-refractivity contribution in [1.29, 1.82) is 0 Å². The molecule has 0 heterocycles. The van der Waals surface area contributed by atoms with Gasteiger partial charge in [0, 0.05) is 11.1 Å². The predicted octanol–water partition coefficient (Wildman–Crippen LogP) is 5.78. The Bertz CT molecular complexity index is 1460. The molecule has 37 heavy (non-hydrogen) atoms. The smallest absolute Gasteiger partial charge is 0.251 e. The summed E-state index contributed by atoms with van der Waals surface area (Å²) < 4.78 is 32.6. The fraction of sp³-hybridized carbons (Fsp3) is 0.138. The van der Waals surface area contributed by atoms with Crippen LogP contribution in [-0.4, -0.2) is 33.7 Å². The number of para-hydroxylation sites is 2. The molecule has 0 aliphatic rings. The number of hydrogen-bond acceptors (Lipinski definition) is 4. The third-order valence-corrected chi connectivity index (χ3v) is 7.12. The van der Waals surface area contributed by atoms with Crippen LogP contribution in [0.15, 0.2) is 103 Å². The number of amides is 1. The molecule has 0 bridgehead atoms. The summed E-state index contributed by atoms with van der Waals surface area (Å²) in [4.78, 5) is 12.5. The quantitative estimate of drug-likeness (QED) is 0.262. The lowest BCUT2D eigenvalue weighted by atomic mass is 10.0. The van der Waals surface area contributed by atoms with Crippen LogP contribution in [0.5, 0.6) is 5.75 Å². The Morgan fingerprint density at radius 1 is 0.865 bits per heavy atom. The Kier molecular flexibility index (Phi) is 8.48. The molecule has 190 valence electrons. The first-order valence-corrected chi connectivity index (χ1v) is 13.9. The standard InChI is InChI=1S/C29H27ClN2O4S/c1-37(34,35)32(27-13-7-5-11-25(27)23-9-3-2-4-10-23)21-22-15-17-24(18-16-22)29(33)31-19-20-36-28-14-8-6-12-26(28)30/h2-18H,19-21H2,1H3,(H,31,33). The maximum atomic E-state index is 12.8. The number of carbonyl (C=O) groups excluding carboxylic acids is 1. The molecule has 6 nitrogen and oxygen atoms in total. The molecule has 1 N–H and O–H groups in total. The Hall–Kier alpha value is -3.81. The third kappa shape index (κ3) is 6.90. The maximum Gasteiger partial charge on any atom is 0.251 e. The van der Waals surface area contributed by atoms with E-state index in [2.05, 4.69) is 5.32 Å². The van der Waals surface area contributed by atoms with Gasteiger partial charge in [-0.2, -0.15) is 0 Å². The zero-order chi connectivity index (χ0) is 26.3. The summed E-state index contributed by atoms with van der Waals surface area (Å²) in [6.07, 6.45) is 1.20. The Morgan fingerprint density at radius 2 is 1.51 bits per heavy atom. The Labute approximate surface area is 222 Å². The Balaban J connectivity index is 1.43. The van der Waals surface area contributed by atoms with E-state index in [-0.39, 0.29) is 19.1 Å². The number of carbonyl (C=O) groups is 1. The fourth-order valence-electron chi connectivity index (χ4n) is 3.85. The van der Waals surface area contributed by atoms with Crippen molar-refractivity contribution in [3.8, 4) is 16.9 Å². The molecule has 0 radical (unpaired) electrons. The minimum atomic E-state index is -3.58. The van der Waals surface area contributed by atoms with E-state index in [1.165, 1.54) is 10.6 Å². The second-order valence-electron chi connectivity index (χ2n) is 8.38. The van der Waals surface area contributed by atoms with Crippen molar-refractivity contribution in [2.75, 3.05) is 23.7 Å². The van der Waals surface area contributed by atoms with Crippen molar-refractivity contribution in [2.24, 2.45) is 0 Å². The van der Waals surface area contributed by atoms with Gasteiger partial charge in [-0.15, -0.1) is 0 Å². The normalized spacial score (nSPS) is 11.1. The number of halogens is 1. The van der Waals surface area contributed by atoms with Crippen LogP contribution in [0.3, 0.4) is 0 Å². The highest BCUT2D eigenvalue weighted by Crippen LogP contribution is 2.33. The average Bonchev–Trinajstić information content (AvgIpc) is 2.91. The monoisotopic (exact) mass is 534 g/mol. The van der Waals surface area contributed by atoms with E-state index in [9.17, 15) is 13.2 Å². The lowest BCUT2D eigenvalue weighted by molar-refractivity contribution is 0.0947. The lowest BCUT2D eigenvalue weighted by Crippen LogP contribution is -2.30. The van der Waals surface area contributed by atoms with Crippen LogP contribution in [0.1, 0.15) is 15.9 Å². The van der Waals surface area contributed by atoms with Crippen LogP contribution in [0.2, 0.25) is 5.02 Å². The first-order chi connectivity index (χ1) is 17.8. The molecular weight excluding hydrogens is 508 g/mol. The molecule has 0 saturated carbocycles. The van der Waals surface area contributed by atoms with E-state index >= 15 is 0 Å². The van der Waals surface area contributed by atoms with Gasteiger partial charge in [-0.05, 0) is 41.5 Å². The molecule has 4 rings (SSSR count). The molecule has 4 aromatic rings. The van der Waals surface area contributed by atoms with Crippen LogP contribution >= 0.6 is 11.6 Å². The summed E-state index contributed by atoms with van der Waals surface area (Å²) in [5.41, 5.74) is 3.57. The van der Waals surface area contributed by atoms with Gasteiger partial charge in [-0.1, -0.05) is 84.4 Å². The van der Waals surface area contributed by atoms with Gasteiger partial charge in [0.25, 0.3) is 5.91 Å². The summed E-state index contributed by atoms with van der Waals surface area (Å²) in [5.74, 6) is 0.315. The fourth-order valence-corrected chi connectivity index (χ4v) is 4.94. The van der Waals surface area contributed by atoms with Gasteiger partial charge >= 0.3 is 0 Å². The predicted molar refractivity (Wildman–Crippen MR) is 149 cm³/mol. The molecule has 0 fully saturated rings. The highest BCUT2D eigenvalue weighted by atomic mass is 35.5. The number of sulfonamides is 1. The molecule has 0 unspecified atom stereocenters. The first kappa shape index (κ1) is 26.3. The summed E-state index contributed by atoms with van der Waals surface area (Å²) in [7, 11) is -3.58. The molecule has 1 amide bonds. The van der Waals surface area contributed by atoms with Crippen LogP contribution in [0.25, 0.3) is 11.1 Å². The van der Waals surface area contributed by atoms with Crippen molar-refractivity contribution in [1.82, 2.24) is 5.32 Å². The van der Waals surface area contributed by atoms with Crippen molar-refractivity contribution >= 4 is 33.2 Å². The second-order valence-corrected chi connectivity index (χ2v) is 10.7. The van der Waals surface area contributed by atoms with Gasteiger partial charge in [0.2, 0.25) is 10.0 Å². The van der Waals surface area contributed by atoms with E-state index in [0.29, 0.717) is 28.6 Å². The topological polar surface area (TPSA) is 75.7 Å². The lowest BCUT2D eigenvalue weighted by Gasteiger charge is -2.25. The molecule has 4 aromatic carbocycles. The van der Waals surface area contributed by atoms with Gasteiger partial charge in [0.05, 0.1) is 30.1 Å². The SMILES string of the molecule is CS(=O)(=O)N(Cc1ccc(C(=O)NCCOc2ccccc2Cl)cc1)c1ccccc1-c1ccccc1. The van der Waals surface area contributed by atoms with Gasteiger partial charge in [-0.25, -0.2) is 8.42 Å². The van der Waals surface area contributed by atoms with Crippen molar-refractivity contribution < 1.29 is 17.9 Å². The minimum Gasteiger partial charge on any atom is -0.490 e. The van der Waals surface area contributed by atoms with Crippen molar-refractivity contribution in [3.05, 3.63) is 119 Å². The van der Waals surface area contributed by atoms with E-state index in [4.69, 9.17) is 16.3 Å². The average molecular weight is 535 g/mol. The number of anilines is 1. The highest BCUT2D eigenvalue weighted by Gasteiger charge is 2.21. The maximum absolute atomic E-state index is 12.8. The summed E-state index contributed by atoms with van der Waals surface area (Å²) in [5, 5.41) is 3.32. The Morgan fingerprint density at radius 3 is 2.22 bits per heavy atom. The summed E-state index contributed by atoms with van der Waals surface area (Å²) >= 11 is 6.07.